The van der Waals surface area contributed by atoms with Crippen LogP contribution in [0.2, 0.25) is 0 Å². The first-order valence-electron chi connectivity index (χ1n) is 22.8. The zero-order valence-corrected chi connectivity index (χ0v) is 40.6. The molecule has 0 aromatic heterocycles. The predicted octanol–water partition coefficient (Wildman–Crippen LogP) is 6.74. The molecule has 0 N–H and O–H groups in total. The maximum absolute atomic E-state index is 13.8. The number of fused-ring (bicyclic) bond motifs is 3. The van der Waals surface area contributed by atoms with Gasteiger partial charge in [-0.25, -0.2) is 0 Å². The topological polar surface area (TPSA) is 158 Å². The van der Waals surface area contributed by atoms with E-state index in [1.54, 1.807) is 0 Å². The summed E-state index contributed by atoms with van der Waals surface area (Å²) in [5.74, 6) is -4.19. The molecular formula is C57H51O12P. The molecule has 0 saturated heterocycles. The van der Waals surface area contributed by atoms with E-state index in [4.69, 9.17) is 28.4 Å². The highest BCUT2D eigenvalue weighted by molar-refractivity contribution is 7.80. The fourth-order valence-corrected chi connectivity index (χ4v) is 13.9. The second kappa shape index (κ2) is 18.8. The van der Waals surface area contributed by atoms with E-state index in [0.29, 0.717) is 0 Å². The molecule has 0 spiro atoms. The van der Waals surface area contributed by atoms with Gasteiger partial charge in [0.15, 0.2) is 16.2 Å². The van der Waals surface area contributed by atoms with E-state index in [1.807, 2.05) is 91.0 Å². The van der Waals surface area contributed by atoms with Crippen molar-refractivity contribution in [2.75, 3.05) is 42.7 Å². The molecule has 0 amide bonds. The zero-order chi connectivity index (χ0) is 49.5. The summed E-state index contributed by atoms with van der Waals surface area (Å²) in [4.78, 5) is 82.6. The summed E-state index contributed by atoms with van der Waals surface area (Å²) >= 11 is 0. The Labute approximate surface area is 407 Å². The van der Waals surface area contributed by atoms with E-state index in [0.717, 1.165) is 82.7 Å². The van der Waals surface area contributed by atoms with Crippen LogP contribution in [0.4, 0.5) is 0 Å². The van der Waals surface area contributed by atoms with Crippen LogP contribution in [0.25, 0.3) is 33.4 Å². The standard InChI is InChI=1S/C57H51O12P/c1-64-49(58)55(50(59)65-2)28-37-22-43(34-16-10-7-11-17-34)46(25-40(37)31-55)70(47-26-41-32-56(51(60)66-3,52(61)67-4)29-38(41)23-44(47)35-18-12-8-13-19-35)48-27-42-33-57(53(62)68-5,54(63)69-6)30-39(42)24-45(48)36-20-14-9-15-21-36/h7-27H,28-33H2,1-6H3. The lowest BCUT2D eigenvalue weighted by atomic mass is 9.85. The Morgan fingerprint density at radius 1 is 0.329 bits per heavy atom. The predicted molar refractivity (Wildman–Crippen MR) is 263 cm³/mol. The first-order chi connectivity index (χ1) is 33.8. The number of esters is 6. The maximum Gasteiger partial charge on any atom is 0.323 e. The van der Waals surface area contributed by atoms with E-state index in [-0.39, 0.29) is 38.5 Å². The SMILES string of the molecule is COC(=O)C1(C(=O)OC)Cc2cc(-c3ccccc3)c(P(c3cc4c(cc3-c3ccccc3)CC(C(=O)OC)(C(=O)OC)C4)c3cc4c(cc3-c3ccccc3)CC(C(=O)OC)(C(=O)OC)C4)cc2C1. The first-order valence-corrected chi connectivity index (χ1v) is 24.1. The molecule has 13 heteroatoms. The average Bonchev–Trinajstić information content (AvgIpc) is 4.12. The first kappa shape index (κ1) is 47.6. The van der Waals surface area contributed by atoms with Gasteiger partial charge in [-0.1, -0.05) is 109 Å². The number of rotatable bonds is 12. The Kier molecular flexibility index (Phi) is 12.8. The Morgan fingerprint density at radius 2 is 0.529 bits per heavy atom. The van der Waals surface area contributed by atoms with E-state index in [2.05, 4.69) is 36.4 Å². The lowest BCUT2D eigenvalue weighted by Gasteiger charge is -2.29. The smallest absolute Gasteiger partial charge is 0.323 e. The van der Waals surface area contributed by atoms with E-state index in [9.17, 15) is 28.8 Å². The van der Waals surface area contributed by atoms with Crippen molar-refractivity contribution >= 4 is 59.7 Å². The van der Waals surface area contributed by atoms with Crippen LogP contribution in [-0.2, 0) is 95.7 Å². The molecule has 0 saturated carbocycles. The molecule has 12 nitrogen and oxygen atoms in total. The highest BCUT2D eigenvalue weighted by Gasteiger charge is 2.56. The minimum absolute atomic E-state index is 0.0138. The molecule has 6 aromatic rings. The molecular weight excluding hydrogens is 908 g/mol. The third kappa shape index (κ3) is 7.75. The molecule has 0 fully saturated rings. The van der Waals surface area contributed by atoms with E-state index in [1.165, 1.54) is 42.7 Å². The summed E-state index contributed by atoms with van der Waals surface area (Å²) in [5, 5.41) is 2.61. The summed E-state index contributed by atoms with van der Waals surface area (Å²) in [6.45, 7) is 0. The van der Waals surface area contributed by atoms with Gasteiger partial charge in [-0.2, -0.15) is 0 Å². The van der Waals surface area contributed by atoms with Crippen LogP contribution < -0.4 is 15.9 Å². The van der Waals surface area contributed by atoms with Crippen LogP contribution in [0.3, 0.4) is 0 Å². The van der Waals surface area contributed by atoms with Gasteiger partial charge in [0, 0.05) is 0 Å². The van der Waals surface area contributed by atoms with Crippen molar-refractivity contribution in [1.29, 1.82) is 0 Å². The van der Waals surface area contributed by atoms with Crippen molar-refractivity contribution in [3.8, 4) is 33.4 Å². The van der Waals surface area contributed by atoms with Crippen molar-refractivity contribution in [1.82, 2.24) is 0 Å². The van der Waals surface area contributed by atoms with Crippen LogP contribution in [0.1, 0.15) is 33.4 Å². The molecule has 0 unspecified atom stereocenters. The van der Waals surface area contributed by atoms with Crippen molar-refractivity contribution in [3.05, 3.63) is 161 Å². The molecule has 0 atom stereocenters. The second-order valence-electron chi connectivity index (χ2n) is 18.1. The average molecular weight is 959 g/mol. The number of hydrogen-bond acceptors (Lipinski definition) is 12. The number of carbonyl (C=O) groups is 6. The van der Waals surface area contributed by atoms with Crippen LogP contribution in [-0.4, -0.2) is 78.5 Å². The Morgan fingerprint density at radius 3 is 0.729 bits per heavy atom. The second-order valence-corrected chi connectivity index (χ2v) is 20.2. The molecule has 0 aliphatic heterocycles. The third-order valence-electron chi connectivity index (χ3n) is 14.3. The maximum atomic E-state index is 13.8. The summed E-state index contributed by atoms with van der Waals surface area (Å²) in [6.07, 6.45) is 0.191. The minimum atomic E-state index is -1.80. The number of ether oxygens (including phenoxy) is 6. The number of carbonyl (C=O) groups excluding carboxylic acids is 6. The fourth-order valence-electron chi connectivity index (χ4n) is 10.9. The van der Waals surface area contributed by atoms with Crippen LogP contribution >= 0.6 is 7.92 Å². The quantitative estimate of drug-likeness (QED) is 0.0552. The van der Waals surface area contributed by atoms with E-state index < -0.39 is 60.0 Å². The Balaban J connectivity index is 1.42. The van der Waals surface area contributed by atoms with Gasteiger partial charge in [-0.05, 0) is 147 Å². The number of methoxy groups -OCH3 is 6. The molecule has 70 heavy (non-hydrogen) atoms. The number of benzene rings is 6. The molecule has 356 valence electrons. The Bertz CT molecular complexity index is 2710. The van der Waals surface area contributed by atoms with Crippen molar-refractivity contribution < 1.29 is 57.2 Å². The fraction of sp³-hybridized carbons (Fsp3) is 0.263. The van der Waals surface area contributed by atoms with Gasteiger partial charge < -0.3 is 28.4 Å². The summed E-state index contributed by atoms with van der Waals surface area (Å²) in [5.41, 5.74) is 4.85. The molecule has 9 rings (SSSR count). The van der Waals surface area contributed by atoms with Gasteiger partial charge in [0.25, 0.3) is 0 Å². The van der Waals surface area contributed by atoms with Crippen molar-refractivity contribution in [3.63, 3.8) is 0 Å². The lowest BCUT2D eigenvalue weighted by molar-refractivity contribution is -0.170. The highest BCUT2D eigenvalue weighted by Crippen LogP contribution is 2.51. The number of hydrogen-bond donors (Lipinski definition) is 0. The van der Waals surface area contributed by atoms with Crippen molar-refractivity contribution in [2.24, 2.45) is 16.2 Å². The molecule has 0 heterocycles. The summed E-state index contributed by atoms with van der Waals surface area (Å²) in [7, 11) is 5.77. The molecule has 6 aromatic carbocycles. The summed E-state index contributed by atoms with van der Waals surface area (Å²) < 4.78 is 31.8. The van der Waals surface area contributed by atoms with Gasteiger partial charge in [0.1, 0.15) is 0 Å². The van der Waals surface area contributed by atoms with Gasteiger partial charge in [0.05, 0.1) is 42.7 Å². The van der Waals surface area contributed by atoms with Gasteiger partial charge >= 0.3 is 35.8 Å². The molecule has 3 aliphatic carbocycles. The van der Waals surface area contributed by atoms with Gasteiger partial charge in [-0.3, -0.25) is 28.8 Å². The molecule has 0 radical (unpaired) electrons. The van der Waals surface area contributed by atoms with Gasteiger partial charge in [-0.15, -0.1) is 0 Å². The largest absolute Gasteiger partial charge is 0.468 e. The van der Waals surface area contributed by atoms with Crippen LogP contribution in [0.5, 0.6) is 0 Å². The normalized spacial score (nSPS) is 15.5. The van der Waals surface area contributed by atoms with Crippen molar-refractivity contribution in [2.45, 2.75) is 38.5 Å². The molecule has 0 bridgehead atoms. The monoisotopic (exact) mass is 958 g/mol. The Hall–Kier alpha value is -7.43. The van der Waals surface area contributed by atoms with E-state index >= 15 is 0 Å². The molecule has 3 aliphatic rings. The van der Waals surface area contributed by atoms with Crippen LogP contribution in [0, 0.1) is 16.2 Å². The lowest BCUT2D eigenvalue weighted by Crippen LogP contribution is -2.42. The zero-order valence-electron chi connectivity index (χ0n) is 39.7. The van der Waals surface area contributed by atoms with Crippen LogP contribution in [0.15, 0.2) is 127 Å². The highest BCUT2D eigenvalue weighted by atomic mass is 31.1. The minimum Gasteiger partial charge on any atom is -0.468 e. The third-order valence-corrected chi connectivity index (χ3v) is 16.9. The van der Waals surface area contributed by atoms with Gasteiger partial charge in [0.2, 0.25) is 0 Å². The summed E-state index contributed by atoms with van der Waals surface area (Å²) in [6, 6.07) is 42.1.